The number of rotatable bonds is 72. The van der Waals surface area contributed by atoms with Crippen molar-refractivity contribution in [2.45, 2.75) is 316 Å². The van der Waals surface area contributed by atoms with Crippen molar-refractivity contribution in [2.24, 2.45) is 0 Å². The minimum atomic E-state index is -4.99. The Bertz CT molecular complexity index is 2510. The van der Waals surface area contributed by atoms with Crippen LogP contribution in [-0.4, -0.2) is 96.7 Å². The molecule has 5 unspecified atom stereocenters. The Labute approximate surface area is 617 Å². The number of unbranched alkanes of at least 4 members (excludes halogenated alkanes) is 22. The molecule has 0 spiro atoms. The van der Waals surface area contributed by atoms with Crippen LogP contribution in [0.3, 0.4) is 0 Å². The van der Waals surface area contributed by atoms with E-state index in [1.165, 1.54) is 12.8 Å². The SMILES string of the molecule is CC/C=C\C/C=C\C/C=C\C/C=C\C/C=C\CCCCCC(=O)OCC(COP(=O)(O)OCC(O)COP(=O)(O)OCC(COC(=O)CCCCCCCCC/C=C\C/C=C\C/C=C\CC)OC(=O)CCCCCCC/C=C\CCCC)OC(=O)CCCCCCC/C=C\C/C=C\C/C=C\CC. The lowest BCUT2D eigenvalue weighted by molar-refractivity contribution is -0.161. The van der Waals surface area contributed by atoms with Crippen molar-refractivity contribution in [3.8, 4) is 0 Å². The lowest BCUT2D eigenvalue weighted by atomic mass is 10.1. The van der Waals surface area contributed by atoms with Gasteiger partial charge in [-0.15, -0.1) is 0 Å². The molecule has 0 fully saturated rings. The fourth-order valence-electron chi connectivity index (χ4n) is 9.90. The molecule has 0 heterocycles. The number of allylic oxidation sites excluding steroid dienone is 24. The Balaban J connectivity index is 5.38. The summed E-state index contributed by atoms with van der Waals surface area (Å²) in [6.07, 6.45) is 84.1. The molecule has 0 aromatic rings. The second-order valence-electron chi connectivity index (χ2n) is 25.5. The zero-order valence-electron chi connectivity index (χ0n) is 63.5. The Kier molecular flexibility index (Phi) is 70.5. The van der Waals surface area contributed by atoms with Gasteiger partial charge in [-0.2, -0.15) is 0 Å². The zero-order valence-corrected chi connectivity index (χ0v) is 65.3. The quantitative estimate of drug-likeness (QED) is 0.0169. The van der Waals surface area contributed by atoms with Crippen LogP contribution in [0.15, 0.2) is 146 Å². The van der Waals surface area contributed by atoms with Gasteiger partial charge in [-0.05, 0) is 154 Å². The maximum absolute atomic E-state index is 13.1. The highest BCUT2D eigenvalue weighted by Crippen LogP contribution is 2.45. The van der Waals surface area contributed by atoms with Gasteiger partial charge in [0.25, 0.3) is 0 Å². The molecule has 0 aliphatic rings. The van der Waals surface area contributed by atoms with E-state index in [2.05, 4.69) is 174 Å². The van der Waals surface area contributed by atoms with Crippen LogP contribution in [0, 0.1) is 0 Å². The molecule has 0 aromatic heterocycles. The largest absolute Gasteiger partial charge is 0.472 e. The zero-order chi connectivity index (χ0) is 74.6. The topological polar surface area (TPSA) is 237 Å². The van der Waals surface area contributed by atoms with E-state index in [4.69, 9.17) is 37.0 Å². The van der Waals surface area contributed by atoms with Crippen LogP contribution in [0.5, 0.6) is 0 Å². The molecular formula is C83H138O17P2. The molecule has 3 N–H and O–H groups in total. The number of carbonyl (C=O) groups is 4. The van der Waals surface area contributed by atoms with Gasteiger partial charge < -0.3 is 33.8 Å². The maximum Gasteiger partial charge on any atom is 0.472 e. The van der Waals surface area contributed by atoms with Crippen LogP contribution in [-0.2, 0) is 65.4 Å². The van der Waals surface area contributed by atoms with Gasteiger partial charge in [0.1, 0.15) is 19.3 Å². The number of aliphatic hydroxyl groups is 1. The third kappa shape index (κ3) is 73.3. The van der Waals surface area contributed by atoms with Crippen LogP contribution in [0.2, 0.25) is 0 Å². The Morgan fingerprint density at radius 3 is 0.804 bits per heavy atom. The molecule has 0 aliphatic heterocycles. The third-order valence-electron chi connectivity index (χ3n) is 15.8. The van der Waals surface area contributed by atoms with E-state index in [9.17, 15) is 43.2 Å². The van der Waals surface area contributed by atoms with Crippen molar-refractivity contribution in [3.63, 3.8) is 0 Å². The standard InChI is InChI=1S/C83H138O17P2/c1-5-9-13-17-21-25-29-32-35-37-38-40-43-45-49-52-56-60-64-68-81(86)94-74-79(100-83(88)70-66-62-58-54-50-46-41-34-31-27-23-19-15-11-7-3)76-98-102(91,92)96-72-77(84)71-95-101(89,90)97-75-78(99-82(87)69-65-61-57-53-47-28-24-20-16-12-8-4)73-93-80(85)67-63-59-55-51-48-44-42-39-36-33-30-26-22-18-14-10-6-2/h9-11,13-15,20-27,32-36,38,40-41,45,49,77-79,84H,5-8,12,16-19,28-31,37,39,42-44,46-48,50-76H2,1-4H3,(H,89,90)(H,91,92)/b13-9-,14-10-,15-11-,24-20-,25-21-,26-22-,27-23-,35-32-,36-33-,40-38-,41-34-,49-45-. The van der Waals surface area contributed by atoms with E-state index in [1.807, 2.05) is 0 Å². The summed E-state index contributed by atoms with van der Waals surface area (Å²) in [7, 11) is -9.98. The lowest BCUT2D eigenvalue weighted by Crippen LogP contribution is -2.30. The Hall–Kier alpha value is -5.06. The fraction of sp³-hybridized carbons (Fsp3) is 0.663. The smallest absolute Gasteiger partial charge is 0.462 e. The first kappa shape index (κ1) is 96.9. The summed E-state index contributed by atoms with van der Waals surface area (Å²) in [6.45, 7) is 4.42. The van der Waals surface area contributed by atoms with Gasteiger partial charge in [0.05, 0.1) is 26.4 Å². The van der Waals surface area contributed by atoms with Gasteiger partial charge in [0, 0.05) is 25.7 Å². The molecule has 0 saturated heterocycles. The van der Waals surface area contributed by atoms with Gasteiger partial charge in [0.2, 0.25) is 0 Å². The van der Waals surface area contributed by atoms with Crippen molar-refractivity contribution in [2.75, 3.05) is 39.6 Å². The van der Waals surface area contributed by atoms with Gasteiger partial charge in [-0.25, -0.2) is 9.13 Å². The molecule has 5 atom stereocenters. The van der Waals surface area contributed by atoms with Crippen LogP contribution in [0.4, 0.5) is 0 Å². The van der Waals surface area contributed by atoms with E-state index in [0.29, 0.717) is 25.7 Å². The molecule has 0 aliphatic carbocycles. The predicted octanol–water partition coefficient (Wildman–Crippen LogP) is 22.7. The molecule has 0 bridgehead atoms. The molecule has 0 saturated carbocycles. The summed E-state index contributed by atoms with van der Waals surface area (Å²) >= 11 is 0. The van der Waals surface area contributed by atoms with Crippen LogP contribution in [0.1, 0.15) is 297 Å². The van der Waals surface area contributed by atoms with Crippen molar-refractivity contribution in [1.29, 1.82) is 0 Å². The minimum absolute atomic E-state index is 0.0634. The van der Waals surface area contributed by atoms with Gasteiger partial charge >= 0.3 is 39.5 Å². The first-order chi connectivity index (χ1) is 49.7. The lowest BCUT2D eigenvalue weighted by Gasteiger charge is -2.21. The van der Waals surface area contributed by atoms with Gasteiger partial charge in [-0.1, -0.05) is 263 Å². The highest BCUT2D eigenvalue weighted by Gasteiger charge is 2.30. The number of carbonyl (C=O) groups excluding carboxylic acids is 4. The number of phosphoric ester groups is 2. The van der Waals surface area contributed by atoms with Crippen molar-refractivity contribution in [3.05, 3.63) is 146 Å². The highest BCUT2D eigenvalue weighted by molar-refractivity contribution is 7.47. The van der Waals surface area contributed by atoms with Crippen LogP contribution >= 0.6 is 15.6 Å². The molecule has 0 radical (unpaired) electrons. The van der Waals surface area contributed by atoms with E-state index in [-0.39, 0.29) is 25.7 Å². The monoisotopic (exact) mass is 1470 g/mol. The van der Waals surface area contributed by atoms with E-state index in [1.54, 1.807) is 0 Å². The predicted molar refractivity (Wildman–Crippen MR) is 417 cm³/mol. The number of hydrogen-bond donors (Lipinski definition) is 3. The first-order valence-corrected chi connectivity index (χ1v) is 42.1. The number of hydrogen-bond acceptors (Lipinski definition) is 15. The van der Waals surface area contributed by atoms with E-state index < -0.39 is 97.5 Å². The molecule has 0 rings (SSSR count). The number of phosphoric acid groups is 2. The number of ether oxygens (including phenoxy) is 4. The first-order valence-electron chi connectivity index (χ1n) is 39.1. The van der Waals surface area contributed by atoms with E-state index >= 15 is 0 Å². The summed E-state index contributed by atoms with van der Waals surface area (Å²) in [5.41, 5.74) is 0. The van der Waals surface area contributed by atoms with Gasteiger partial charge in [0.15, 0.2) is 12.2 Å². The van der Waals surface area contributed by atoms with Crippen LogP contribution in [0.25, 0.3) is 0 Å². The average molecular weight is 1470 g/mol. The average Bonchev–Trinajstić information content (AvgIpc) is 0.939. The molecule has 0 amide bonds. The Morgan fingerprint density at radius 1 is 0.284 bits per heavy atom. The summed E-state index contributed by atoms with van der Waals surface area (Å²) in [5, 5.41) is 10.6. The summed E-state index contributed by atoms with van der Waals surface area (Å²) in [5.74, 6) is -2.26. The van der Waals surface area contributed by atoms with Crippen molar-refractivity contribution < 1.29 is 80.2 Å². The molecule has 582 valence electrons. The van der Waals surface area contributed by atoms with Crippen molar-refractivity contribution >= 4 is 39.5 Å². The van der Waals surface area contributed by atoms with Crippen molar-refractivity contribution in [1.82, 2.24) is 0 Å². The number of esters is 4. The molecule has 0 aromatic carbocycles. The molecule has 17 nitrogen and oxygen atoms in total. The number of aliphatic hydroxyl groups excluding tert-OH is 1. The third-order valence-corrected chi connectivity index (χ3v) is 17.7. The molecule has 102 heavy (non-hydrogen) atoms. The second kappa shape index (κ2) is 74.2. The normalized spacial score (nSPS) is 14.7. The van der Waals surface area contributed by atoms with E-state index in [0.717, 1.165) is 205 Å². The molecule has 19 heteroatoms. The summed E-state index contributed by atoms with van der Waals surface area (Å²) in [6, 6.07) is 0. The highest BCUT2D eigenvalue weighted by atomic mass is 31.2. The van der Waals surface area contributed by atoms with Crippen LogP contribution < -0.4 is 0 Å². The minimum Gasteiger partial charge on any atom is -0.462 e. The second-order valence-corrected chi connectivity index (χ2v) is 28.4. The fourth-order valence-corrected chi connectivity index (χ4v) is 11.5. The van der Waals surface area contributed by atoms with Gasteiger partial charge in [-0.3, -0.25) is 37.3 Å². The molecular weight excluding hydrogens is 1330 g/mol. The maximum atomic E-state index is 13.1. The Morgan fingerprint density at radius 2 is 0.510 bits per heavy atom. The summed E-state index contributed by atoms with van der Waals surface area (Å²) < 4.78 is 68.5. The summed E-state index contributed by atoms with van der Waals surface area (Å²) in [4.78, 5) is 72.9.